The molecular formula is C15H17N5. The zero-order valence-electron chi connectivity index (χ0n) is 11.7. The van der Waals surface area contributed by atoms with Crippen LogP contribution in [-0.2, 0) is 20.1 Å². The Labute approximate surface area is 117 Å². The van der Waals surface area contributed by atoms with Crippen LogP contribution in [0.4, 0.5) is 0 Å². The summed E-state index contributed by atoms with van der Waals surface area (Å²) in [6.45, 7) is 3.47. The topological polar surface area (TPSA) is 55.6 Å². The number of aromatic nitrogens is 4. The Balaban J connectivity index is 1.77. The number of fused-ring (bicyclic) bond motifs is 1. The van der Waals surface area contributed by atoms with Crippen molar-refractivity contribution < 1.29 is 0 Å². The molecule has 0 amide bonds. The molecule has 1 aromatic carbocycles. The van der Waals surface area contributed by atoms with Gasteiger partial charge in [0.05, 0.1) is 12.1 Å². The maximum absolute atomic E-state index is 4.55. The maximum Gasteiger partial charge on any atom is 0.164 e. The van der Waals surface area contributed by atoms with E-state index in [1.165, 1.54) is 10.9 Å². The Kier molecular flexibility index (Phi) is 3.43. The van der Waals surface area contributed by atoms with E-state index in [9.17, 15) is 0 Å². The zero-order chi connectivity index (χ0) is 13.9. The predicted molar refractivity (Wildman–Crippen MR) is 78.0 cm³/mol. The highest BCUT2D eigenvalue weighted by Gasteiger charge is 2.04. The van der Waals surface area contributed by atoms with E-state index >= 15 is 0 Å². The highest BCUT2D eigenvalue weighted by Crippen LogP contribution is 2.17. The van der Waals surface area contributed by atoms with Crippen LogP contribution in [0.15, 0.2) is 36.7 Å². The van der Waals surface area contributed by atoms with Gasteiger partial charge in [0.15, 0.2) is 5.82 Å². The van der Waals surface area contributed by atoms with E-state index < -0.39 is 0 Å². The van der Waals surface area contributed by atoms with E-state index in [2.05, 4.69) is 32.5 Å². The summed E-state index contributed by atoms with van der Waals surface area (Å²) in [7, 11) is 1.87. The van der Waals surface area contributed by atoms with Gasteiger partial charge in [0.2, 0.25) is 0 Å². The number of hydrogen-bond acceptors (Lipinski definition) is 4. The molecule has 0 saturated heterocycles. The van der Waals surface area contributed by atoms with Crippen molar-refractivity contribution in [2.75, 3.05) is 0 Å². The van der Waals surface area contributed by atoms with Gasteiger partial charge in [0, 0.05) is 24.7 Å². The summed E-state index contributed by atoms with van der Waals surface area (Å²) >= 11 is 0. The van der Waals surface area contributed by atoms with Crippen molar-refractivity contribution in [3.8, 4) is 0 Å². The molecule has 0 bridgehead atoms. The largest absolute Gasteiger partial charge is 0.306 e. The second kappa shape index (κ2) is 5.38. The van der Waals surface area contributed by atoms with Gasteiger partial charge in [0.25, 0.3) is 0 Å². The molecular weight excluding hydrogens is 250 g/mol. The molecule has 0 fully saturated rings. The minimum atomic E-state index is 0.663. The van der Waals surface area contributed by atoms with E-state index in [0.29, 0.717) is 6.54 Å². The Bertz CT molecular complexity index is 732. The molecule has 0 spiro atoms. The summed E-state index contributed by atoms with van der Waals surface area (Å²) in [5.41, 5.74) is 3.33. The van der Waals surface area contributed by atoms with Crippen LogP contribution in [0.2, 0.25) is 0 Å². The quantitative estimate of drug-likeness (QED) is 0.785. The Morgan fingerprint density at radius 1 is 1.20 bits per heavy atom. The fourth-order valence-corrected chi connectivity index (χ4v) is 2.31. The van der Waals surface area contributed by atoms with Crippen molar-refractivity contribution in [1.29, 1.82) is 0 Å². The lowest BCUT2D eigenvalue weighted by atomic mass is 10.1. The summed E-state index contributed by atoms with van der Waals surface area (Å²) in [6.07, 6.45) is 1.71. The van der Waals surface area contributed by atoms with Crippen LogP contribution >= 0.6 is 0 Å². The number of nitrogens with one attached hydrogen (secondary N) is 1. The van der Waals surface area contributed by atoms with Crippen LogP contribution in [0.25, 0.3) is 10.9 Å². The van der Waals surface area contributed by atoms with Crippen molar-refractivity contribution in [1.82, 2.24) is 25.1 Å². The van der Waals surface area contributed by atoms with Crippen LogP contribution in [0.5, 0.6) is 0 Å². The SMILES string of the molecule is Cc1cc(CNCc2ncn(C)n2)c2ccccc2n1. The van der Waals surface area contributed by atoms with Gasteiger partial charge in [-0.1, -0.05) is 18.2 Å². The van der Waals surface area contributed by atoms with Crippen LogP contribution in [0.1, 0.15) is 17.1 Å². The monoisotopic (exact) mass is 267 g/mol. The van der Waals surface area contributed by atoms with Crippen molar-refractivity contribution in [2.45, 2.75) is 20.0 Å². The van der Waals surface area contributed by atoms with Crippen LogP contribution in [0.3, 0.4) is 0 Å². The Morgan fingerprint density at radius 2 is 2.05 bits per heavy atom. The molecule has 0 atom stereocenters. The van der Waals surface area contributed by atoms with Crippen LogP contribution in [0, 0.1) is 6.92 Å². The number of para-hydroxylation sites is 1. The van der Waals surface area contributed by atoms with Gasteiger partial charge >= 0.3 is 0 Å². The number of nitrogens with zero attached hydrogens (tertiary/aromatic N) is 4. The lowest BCUT2D eigenvalue weighted by Gasteiger charge is -2.08. The molecule has 3 rings (SSSR count). The van der Waals surface area contributed by atoms with E-state index in [1.54, 1.807) is 11.0 Å². The summed E-state index contributed by atoms with van der Waals surface area (Å²) in [5, 5.41) is 8.83. The molecule has 0 aliphatic carbocycles. The average molecular weight is 267 g/mol. The fourth-order valence-electron chi connectivity index (χ4n) is 2.31. The zero-order valence-corrected chi connectivity index (χ0v) is 11.7. The molecule has 0 aliphatic heterocycles. The van der Waals surface area contributed by atoms with E-state index in [4.69, 9.17) is 0 Å². The standard InChI is InChI=1S/C15H17N5/c1-11-7-12(13-5-3-4-6-14(13)18-11)8-16-9-15-17-10-20(2)19-15/h3-7,10,16H,8-9H2,1-2H3. The van der Waals surface area contributed by atoms with E-state index in [-0.39, 0.29) is 0 Å². The highest BCUT2D eigenvalue weighted by atomic mass is 15.3. The fraction of sp³-hybridized carbons (Fsp3) is 0.267. The summed E-state index contributed by atoms with van der Waals surface area (Å²) < 4.78 is 1.71. The van der Waals surface area contributed by atoms with Gasteiger partial charge in [-0.15, -0.1) is 0 Å². The van der Waals surface area contributed by atoms with E-state index in [0.717, 1.165) is 23.6 Å². The number of rotatable bonds is 4. The normalized spacial score (nSPS) is 11.1. The summed E-state index contributed by atoms with van der Waals surface area (Å²) in [5.74, 6) is 0.808. The molecule has 3 aromatic rings. The molecule has 102 valence electrons. The lowest BCUT2D eigenvalue weighted by molar-refractivity contribution is 0.651. The highest BCUT2D eigenvalue weighted by molar-refractivity contribution is 5.82. The summed E-state index contributed by atoms with van der Waals surface area (Å²) in [4.78, 5) is 8.75. The number of pyridine rings is 1. The first-order valence-electron chi connectivity index (χ1n) is 6.63. The van der Waals surface area contributed by atoms with Crippen molar-refractivity contribution in [3.05, 3.63) is 53.7 Å². The lowest BCUT2D eigenvalue weighted by Crippen LogP contribution is -2.14. The van der Waals surface area contributed by atoms with Gasteiger partial charge in [-0.05, 0) is 24.6 Å². The molecule has 2 heterocycles. The molecule has 0 saturated carbocycles. The third kappa shape index (κ3) is 2.67. The molecule has 0 unspecified atom stereocenters. The molecule has 0 radical (unpaired) electrons. The first-order valence-corrected chi connectivity index (χ1v) is 6.63. The average Bonchev–Trinajstić information content (AvgIpc) is 2.84. The second-order valence-electron chi connectivity index (χ2n) is 4.88. The van der Waals surface area contributed by atoms with Crippen molar-refractivity contribution in [3.63, 3.8) is 0 Å². The second-order valence-corrected chi connectivity index (χ2v) is 4.88. The predicted octanol–water partition coefficient (Wildman–Crippen LogP) is 1.96. The third-order valence-electron chi connectivity index (χ3n) is 3.18. The van der Waals surface area contributed by atoms with Gasteiger partial charge in [-0.25, -0.2) is 4.98 Å². The maximum atomic E-state index is 4.55. The first kappa shape index (κ1) is 12.7. The van der Waals surface area contributed by atoms with Gasteiger partial charge < -0.3 is 5.32 Å². The number of hydrogen-bond donors (Lipinski definition) is 1. The molecule has 2 aromatic heterocycles. The third-order valence-corrected chi connectivity index (χ3v) is 3.18. The van der Waals surface area contributed by atoms with Crippen molar-refractivity contribution >= 4 is 10.9 Å². The molecule has 5 nitrogen and oxygen atoms in total. The van der Waals surface area contributed by atoms with E-state index in [1.807, 2.05) is 32.2 Å². The van der Waals surface area contributed by atoms with Crippen LogP contribution in [-0.4, -0.2) is 19.7 Å². The van der Waals surface area contributed by atoms with Crippen LogP contribution < -0.4 is 5.32 Å². The number of aryl methyl sites for hydroxylation is 2. The molecule has 1 N–H and O–H groups in total. The molecule has 5 heteroatoms. The molecule has 0 aliphatic rings. The summed E-state index contributed by atoms with van der Waals surface area (Å²) in [6, 6.07) is 10.3. The Morgan fingerprint density at radius 3 is 2.85 bits per heavy atom. The minimum Gasteiger partial charge on any atom is -0.306 e. The first-order chi connectivity index (χ1) is 9.72. The minimum absolute atomic E-state index is 0.663. The molecule has 20 heavy (non-hydrogen) atoms. The Hall–Kier alpha value is -2.27. The smallest absolute Gasteiger partial charge is 0.164 e. The van der Waals surface area contributed by atoms with Gasteiger partial charge in [-0.3, -0.25) is 9.67 Å². The number of benzene rings is 1. The van der Waals surface area contributed by atoms with Gasteiger partial charge in [-0.2, -0.15) is 5.10 Å². The van der Waals surface area contributed by atoms with Crippen molar-refractivity contribution in [2.24, 2.45) is 7.05 Å². The van der Waals surface area contributed by atoms with Gasteiger partial charge in [0.1, 0.15) is 6.33 Å².